The summed E-state index contributed by atoms with van der Waals surface area (Å²) in [6, 6.07) is 20.8. The fraction of sp³-hybridized carbons (Fsp3) is 0.438. The van der Waals surface area contributed by atoms with Gasteiger partial charge in [0.05, 0.1) is 18.9 Å². The molecule has 0 aliphatic carbocycles. The minimum Gasteiger partial charge on any atom is -0.374 e. The Morgan fingerprint density at radius 2 is 1.64 bits per heavy atom. The van der Waals surface area contributed by atoms with Crippen molar-refractivity contribution in [2.75, 3.05) is 19.8 Å². The number of hydrogen-bond donors (Lipinski definition) is 2. The summed E-state index contributed by atoms with van der Waals surface area (Å²) in [5.41, 5.74) is 10.6. The number of urea groups is 1. The molecule has 5 rings (SSSR count). The second-order valence-electron chi connectivity index (χ2n) is 11.9. The number of nitrogens with zero attached hydrogens (tertiary/aromatic N) is 2. The minimum atomic E-state index is -1.45. The number of rotatable bonds is 9. The standard InChI is InChI=1S/C32H39FN4O2/c1-5-37-29(38)35-36-32(37,19-24-10-15-27(16-11-24)30(2,3)4)18-6-7-23-8-12-25(13-9-23)26-14-17-28(34-20-26)31(33)21-39-22-31/h8-17,20,36H,5-7,18-19,21-22H2,1-4H3,(H,35,38). The maximum atomic E-state index is 14.5. The highest BCUT2D eigenvalue weighted by atomic mass is 19.1. The summed E-state index contributed by atoms with van der Waals surface area (Å²) in [5.74, 6) is 0. The molecule has 7 heteroatoms. The summed E-state index contributed by atoms with van der Waals surface area (Å²) in [5, 5.41) is 0. The lowest BCUT2D eigenvalue weighted by Crippen LogP contribution is -2.54. The number of carbonyl (C=O) groups is 1. The number of amides is 2. The first-order valence-electron chi connectivity index (χ1n) is 13.9. The zero-order valence-electron chi connectivity index (χ0n) is 23.4. The third kappa shape index (κ3) is 5.70. The predicted molar refractivity (Wildman–Crippen MR) is 152 cm³/mol. The van der Waals surface area contributed by atoms with Gasteiger partial charge in [-0.15, -0.1) is 0 Å². The van der Waals surface area contributed by atoms with E-state index < -0.39 is 11.3 Å². The molecule has 2 N–H and O–H groups in total. The first-order chi connectivity index (χ1) is 18.6. The van der Waals surface area contributed by atoms with Crippen molar-refractivity contribution < 1.29 is 13.9 Å². The van der Waals surface area contributed by atoms with Gasteiger partial charge in [0, 0.05) is 24.7 Å². The number of pyridine rings is 1. The Bertz CT molecular complexity index is 1280. The number of nitrogens with one attached hydrogen (secondary N) is 2. The van der Waals surface area contributed by atoms with Crippen molar-refractivity contribution in [1.29, 1.82) is 0 Å². The molecule has 39 heavy (non-hydrogen) atoms. The summed E-state index contributed by atoms with van der Waals surface area (Å²) < 4.78 is 19.5. The lowest BCUT2D eigenvalue weighted by molar-refractivity contribution is -0.137. The number of aryl methyl sites for hydroxylation is 1. The van der Waals surface area contributed by atoms with Crippen LogP contribution in [0, 0.1) is 0 Å². The summed E-state index contributed by atoms with van der Waals surface area (Å²) in [6.45, 7) is 9.47. The molecule has 0 spiro atoms. The van der Waals surface area contributed by atoms with Crippen LogP contribution in [0.1, 0.15) is 62.9 Å². The Hall–Kier alpha value is -3.29. The highest BCUT2D eigenvalue weighted by Crippen LogP contribution is 2.33. The molecule has 2 aliphatic heterocycles. The third-order valence-electron chi connectivity index (χ3n) is 8.02. The first kappa shape index (κ1) is 27.3. The summed E-state index contributed by atoms with van der Waals surface area (Å²) in [4.78, 5) is 18.9. The maximum Gasteiger partial charge on any atom is 0.333 e. The van der Waals surface area contributed by atoms with Crippen molar-refractivity contribution in [1.82, 2.24) is 20.7 Å². The zero-order valence-corrected chi connectivity index (χ0v) is 23.4. The highest BCUT2D eigenvalue weighted by Gasteiger charge is 2.44. The lowest BCUT2D eigenvalue weighted by Gasteiger charge is -2.36. The molecule has 206 valence electrons. The van der Waals surface area contributed by atoms with Crippen LogP contribution in [0.5, 0.6) is 0 Å². The van der Waals surface area contributed by atoms with Gasteiger partial charge < -0.3 is 9.64 Å². The zero-order chi connectivity index (χ0) is 27.7. The molecular weight excluding hydrogens is 491 g/mol. The number of carbonyl (C=O) groups excluding carboxylic acids is 1. The van der Waals surface area contributed by atoms with Crippen LogP contribution in [0.4, 0.5) is 9.18 Å². The fourth-order valence-electron chi connectivity index (χ4n) is 5.54. The van der Waals surface area contributed by atoms with Crippen LogP contribution in [-0.4, -0.2) is 41.3 Å². The average molecular weight is 531 g/mol. The van der Waals surface area contributed by atoms with Crippen LogP contribution in [0.25, 0.3) is 11.1 Å². The molecule has 3 aromatic rings. The molecule has 0 radical (unpaired) electrons. The Morgan fingerprint density at radius 1 is 0.974 bits per heavy atom. The quantitative estimate of drug-likeness (QED) is 0.353. The largest absolute Gasteiger partial charge is 0.374 e. The number of hydrazine groups is 1. The SMILES string of the molecule is CCN1C(=O)NNC1(CCCc1ccc(-c2ccc(C3(F)COC3)nc2)cc1)Cc1ccc(C(C)(C)C)cc1. The van der Waals surface area contributed by atoms with E-state index >= 15 is 0 Å². The molecule has 1 aromatic heterocycles. The monoisotopic (exact) mass is 530 g/mol. The molecule has 6 nitrogen and oxygen atoms in total. The van der Waals surface area contributed by atoms with E-state index in [1.54, 1.807) is 12.3 Å². The second-order valence-corrected chi connectivity index (χ2v) is 11.9. The Kier molecular flexibility index (Phi) is 7.49. The first-order valence-corrected chi connectivity index (χ1v) is 13.9. The molecule has 3 heterocycles. The van der Waals surface area contributed by atoms with Crippen LogP contribution in [0.2, 0.25) is 0 Å². The van der Waals surface area contributed by atoms with Gasteiger partial charge in [0.1, 0.15) is 5.66 Å². The van der Waals surface area contributed by atoms with Crippen molar-refractivity contribution in [3.8, 4) is 11.1 Å². The molecule has 0 bridgehead atoms. The summed E-state index contributed by atoms with van der Waals surface area (Å²) in [6.07, 6.45) is 5.12. The third-order valence-corrected chi connectivity index (χ3v) is 8.02. The van der Waals surface area contributed by atoms with E-state index in [-0.39, 0.29) is 24.7 Å². The van der Waals surface area contributed by atoms with E-state index in [1.807, 2.05) is 17.9 Å². The normalized spacial score (nSPS) is 20.5. The number of alkyl halides is 1. The van der Waals surface area contributed by atoms with Gasteiger partial charge in [-0.05, 0) is 59.9 Å². The Morgan fingerprint density at radius 3 is 2.21 bits per heavy atom. The summed E-state index contributed by atoms with van der Waals surface area (Å²) >= 11 is 0. The van der Waals surface area contributed by atoms with Gasteiger partial charge in [-0.3, -0.25) is 10.4 Å². The van der Waals surface area contributed by atoms with E-state index in [4.69, 9.17) is 4.74 Å². The van der Waals surface area contributed by atoms with Crippen LogP contribution in [0.15, 0.2) is 66.9 Å². The van der Waals surface area contributed by atoms with E-state index in [2.05, 4.69) is 85.1 Å². The van der Waals surface area contributed by atoms with Gasteiger partial charge in [-0.25, -0.2) is 14.6 Å². The number of likely N-dealkylation sites (N-methyl/N-ethyl adjacent to an activating group) is 1. The van der Waals surface area contributed by atoms with Gasteiger partial charge in [0.25, 0.3) is 0 Å². The molecular formula is C32H39FN4O2. The maximum absolute atomic E-state index is 14.5. The fourth-order valence-corrected chi connectivity index (χ4v) is 5.54. The van der Waals surface area contributed by atoms with Crippen LogP contribution in [0.3, 0.4) is 0 Å². The van der Waals surface area contributed by atoms with Crippen LogP contribution >= 0.6 is 0 Å². The van der Waals surface area contributed by atoms with Crippen molar-refractivity contribution in [2.45, 2.75) is 70.1 Å². The lowest BCUT2D eigenvalue weighted by atomic mass is 9.85. The van der Waals surface area contributed by atoms with Crippen LogP contribution in [-0.2, 0) is 28.7 Å². The molecule has 2 fully saturated rings. The minimum absolute atomic E-state index is 0.0729. The predicted octanol–water partition coefficient (Wildman–Crippen LogP) is 6.05. The van der Waals surface area contributed by atoms with Gasteiger partial charge in [0.2, 0.25) is 0 Å². The molecule has 2 saturated heterocycles. The molecule has 0 saturated carbocycles. The smallest absolute Gasteiger partial charge is 0.333 e. The topological polar surface area (TPSA) is 66.5 Å². The molecule has 2 amide bonds. The van der Waals surface area contributed by atoms with E-state index in [0.29, 0.717) is 12.2 Å². The number of hydrogen-bond acceptors (Lipinski definition) is 4. The van der Waals surface area contributed by atoms with Crippen molar-refractivity contribution in [3.63, 3.8) is 0 Å². The molecule has 2 aromatic carbocycles. The highest BCUT2D eigenvalue weighted by molar-refractivity contribution is 5.76. The van der Waals surface area contributed by atoms with E-state index in [1.165, 1.54) is 16.7 Å². The number of halogens is 1. The Labute approximate surface area is 230 Å². The summed E-state index contributed by atoms with van der Waals surface area (Å²) in [7, 11) is 0. The number of aromatic nitrogens is 1. The van der Waals surface area contributed by atoms with Gasteiger partial charge in [-0.2, -0.15) is 0 Å². The van der Waals surface area contributed by atoms with E-state index in [9.17, 15) is 9.18 Å². The van der Waals surface area contributed by atoms with Crippen molar-refractivity contribution in [2.24, 2.45) is 0 Å². The molecule has 1 unspecified atom stereocenters. The van der Waals surface area contributed by atoms with E-state index in [0.717, 1.165) is 36.8 Å². The molecule has 1 atom stereocenters. The van der Waals surface area contributed by atoms with Gasteiger partial charge in [0.15, 0.2) is 5.67 Å². The number of ether oxygens (including phenoxy) is 1. The van der Waals surface area contributed by atoms with Gasteiger partial charge >= 0.3 is 6.03 Å². The average Bonchev–Trinajstić information content (AvgIpc) is 3.22. The van der Waals surface area contributed by atoms with Crippen molar-refractivity contribution >= 4 is 6.03 Å². The van der Waals surface area contributed by atoms with Gasteiger partial charge in [-0.1, -0.05) is 75.4 Å². The number of benzene rings is 2. The van der Waals surface area contributed by atoms with Crippen LogP contribution < -0.4 is 10.9 Å². The second kappa shape index (κ2) is 10.7. The van der Waals surface area contributed by atoms with Crippen molar-refractivity contribution in [3.05, 3.63) is 89.2 Å². The molecule has 2 aliphatic rings. The Balaban J connectivity index is 1.23.